The summed E-state index contributed by atoms with van der Waals surface area (Å²) in [7, 11) is 0. The fourth-order valence-corrected chi connectivity index (χ4v) is 5.01. The second-order valence-corrected chi connectivity index (χ2v) is 7.80. The molecule has 4 aliphatic rings. The van der Waals surface area contributed by atoms with Crippen LogP contribution in [0.25, 0.3) is 0 Å². The number of aliphatic carboxylic acids is 2. The van der Waals surface area contributed by atoms with E-state index in [1.807, 2.05) is 0 Å². The molecule has 1 saturated heterocycles. The van der Waals surface area contributed by atoms with Gasteiger partial charge in [-0.25, -0.2) is 18.4 Å². The number of carboxylic acid groups (broad SMARTS) is 2. The summed E-state index contributed by atoms with van der Waals surface area (Å²) in [5, 5.41) is 18.2. The quantitative estimate of drug-likeness (QED) is 0.662. The second-order valence-electron chi connectivity index (χ2n) is 7.80. The van der Waals surface area contributed by atoms with Crippen LogP contribution in [0.3, 0.4) is 0 Å². The van der Waals surface area contributed by atoms with E-state index in [1.54, 1.807) is 4.90 Å². The minimum Gasteiger partial charge on any atom is -0.480 e. The number of Topliss-reactive ketones (excluding diaryl/α,β-unsaturated/α-hetero) is 1. The number of nitrogens with zero attached hydrogens (tertiary/aromatic N) is 1. The van der Waals surface area contributed by atoms with Crippen molar-refractivity contribution in [1.82, 2.24) is 4.90 Å². The van der Waals surface area contributed by atoms with Crippen LogP contribution in [0.1, 0.15) is 25.7 Å². The predicted octanol–water partition coefficient (Wildman–Crippen LogP) is 0.694. The van der Waals surface area contributed by atoms with Crippen molar-refractivity contribution in [3.05, 3.63) is 11.8 Å². The molecule has 8 unspecified atom stereocenters. The molecule has 2 aliphatic heterocycles. The number of ketones is 1. The normalized spacial score (nSPS) is 42.3. The summed E-state index contributed by atoms with van der Waals surface area (Å²) in [5.41, 5.74) is -0.422. The number of carbonyl (C=O) groups is 3. The molecule has 4 rings (SSSR count). The number of ether oxygens (including phenoxy) is 2. The van der Waals surface area contributed by atoms with Crippen molar-refractivity contribution in [3.8, 4) is 0 Å². The Morgan fingerprint density at radius 3 is 2.68 bits per heavy atom. The lowest BCUT2D eigenvalue weighted by atomic mass is 9.71. The lowest BCUT2D eigenvalue weighted by Gasteiger charge is -2.58. The summed E-state index contributed by atoms with van der Waals surface area (Å²) in [6.45, 7) is -0.463. The summed E-state index contributed by atoms with van der Waals surface area (Å²) in [5.74, 6) is -4.15. The molecule has 2 N–H and O–H groups in total. The minimum atomic E-state index is -1.92. The van der Waals surface area contributed by atoms with Crippen LogP contribution >= 0.6 is 0 Å². The first-order valence-corrected chi connectivity index (χ1v) is 9.31. The number of hydrogen-bond acceptors (Lipinski definition) is 6. The standard InChI is InChI=1S/C18H21F2NO7/c19-10-4-8-15-17(14(10)20)28-12-3-7(27-6-13(22)23)1-2-11(12)21(15)5-9(16(8)24)18(25)26/h5,7-8,10-12,14-15,17H,1-4,6H2,(H,22,23)(H,25,26). The molecule has 154 valence electrons. The number of hydrogen-bond donors (Lipinski definition) is 2. The van der Waals surface area contributed by atoms with Crippen molar-refractivity contribution in [2.75, 3.05) is 6.61 Å². The van der Waals surface area contributed by atoms with Gasteiger partial charge >= 0.3 is 11.9 Å². The van der Waals surface area contributed by atoms with Gasteiger partial charge in [0.05, 0.1) is 24.3 Å². The van der Waals surface area contributed by atoms with Gasteiger partial charge in [-0.1, -0.05) is 0 Å². The number of halogens is 2. The molecule has 10 heteroatoms. The SMILES string of the molecule is O=C(O)COC1CCC2C(C1)OC1C(F)C(F)CC3C(=O)C(C(=O)O)=CN2C31. The van der Waals surface area contributed by atoms with E-state index in [2.05, 4.69) is 0 Å². The fourth-order valence-electron chi connectivity index (χ4n) is 5.01. The smallest absolute Gasteiger partial charge is 0.340 e. The minimum absolute atomic E-state index is 0.288. The Bertz CT molecular complexity index is 729. The molecule has 0 amide bonds. The molecular formula is C18H21F2NO7. The second kappa shape index (κ2) is 7.07. The number of carboxylic acids is 2. The summed E-state index contributed by atoms with van der Waals surface area (Å²) in [6.07, 6.45) is -3.80. The molecule has 0 aromatic rings. The first-order chi connectivity index (χ1) is 13.3. The number of rotatable bonds is 4. The molecular weight excluding hydrogens is 380 g/mol. The highest BCUT2D eigenvalue weighted by Crippen LogP contribution is 2.46. The van der Waals surface area contributed by atoms with Crippen LogP contribution in [0.4, 0.5) is 8.78 Å². The van der Waals surface area contributed by atoms with Crippen LogP contribution < -0.4 is 0 Å². The summed E-state index contributed by atoms with van der Waals surface area (Å²) in [6, 6.07) is -1.05. The zero-order valence-electron chi connectivity index (χ0n) is 14.9. The molecule has 0 radical (unpaired) electrons. The Labute approximate surface area is 159 Å². The summed E-state index contributed by atoms with van der Waals surface area (Å²) in [4.78, 5) is 36.5. The number of fused-ring (bicyclic) bond motifs is 2. The van der Waals surface area contributed by atoms with Gasteiger partial charge in [-0.3, -0.25) is 4.79 Å². The Kier molecular flexibility index (Phi) is 4.86. The largest absolute Gasteiger partial charge is 0.480 e. The van der Waals surface area contributed by atoms with E-state index in [-0.39, 0.29) is 18.9 Å². The maximum atomic E-state index is 14.6. The van der Waals surface area contributed by atoms with Gasteiger partial charge in [0, 0.05) is 18.5 Å². The van der Waals surface area contributed by atoms with Crippen molar-refractivity contribution in [2.45, 2.75) is 68.4 Å². The van der Waals surface area contributed by atoms with Gasteiger partial charge in [-0.05, 0) is 19.3 Å². The zero-order chi connectivity index (χ0) is 20.2. The summed E-state index contributed by atoms with van der Waals surface area (Å²) < 4.78 is 40.1. The third-order valence-corrected chi connectivity index (χ3v) is 6.21. The zero-order valence-corrected chi connectivity index (χ0v) is 14.9. The van der Waals surface area contributed by atoms with Crippen molar-refractivity contribution in [3.63, 3.8) is 0 Å². The van der Waals surface area contributed by atoms with E-state index in [4.69, 9.17) is 14.6 Å². The third kappa shape index (κ3) is 3.08. The molecule has 8 atom stereocenters. The van der Waals surface area contributed by atoms with Crippen molar-refractivity contribution in [2.24, 2.45) is 5.92 Å². The Balaban J connectivity index is 1.64. The van der Waals surface area contributed by atoms with Crippen molar-refractivity contribution < 1.29 is 42.9 Å². The summed E-state index contributed by atoms with van der Waals surface area (Å²) >= 11 is 0. The maximum Gasteiger partial charge on any atom is 0.340 e. The van der Waals surface area contributed by atoms with Crippen LogP contribution in [-0.4, -0.2) is 82.2 Å². The molecule has 3 fully saturated rings. The Morgan fingerprint density at radius 2 is 2.00 bits per heavy atom. The highest BCUT2D eigenvalue weighted by Gasteiger charge is 2.59. The van der Waals surface area contributed by atoms with E-state index in [0.29, 0.717) is 12.8 Å². The van der Waals surface area contributed by atoms with Gasteiger partial charge in [-0.2, -0.15) is 0 Å². The van der Waals surface area contributed by atoms with Crippen LogP contribution in [-0.2, 0) is 23.9 Å². The van der Waals surface area contributed by atoms with Gasteiger partial charge in [0.2, 0.25) is 0 Å². The van der Waals surface area contributed by atoms with E-state index in [1.165, 1.54) is 6.20 Å². The number of alkyl halides is 2. The van der Waals surface area contributed by atoms with Gasteiger partial charge < -0.3 is 24.6 Å². The lowest BCUT2D eigenvalue weighted by Crippen LogP contribution is -2.70. The van der Waals surface area contributed by atoms with E-state index in [9.17, 15) is 28.3 Å². The van der Waals surface area contributed by atoms with Gasteiger partial charge in [0.1, 0.15) is 24.5 Å². The Hall–Kier alpha value is -2.07. The van der Waals surface area contributed by atoms with Crippen LogP contribution in [0.15, 0.2) is 11.8 Å². The van der Waals surface area contributed by atoms with Gasteiger partial charge in [0.15, 0.2) is 12.0 Å². The van der Waals surface area contributed by atoms with E-state index < -0.39 is 72.5 Å². The number of carbonyl (C=O) groups excluding carboxylic acids is 1. The van der Waals surface area contributed by atoms with Crippen molar-refractivity contribution in [1.29, 1.82) is 0 Å². The highest BCUT2D eigenvalue weighted by molar-refractivity contribution is 6.18. The average Bonchev–Trinajstić information content (AvgIpc) is 2.65. The lowest BCUT2D eigenvalue weighted by molar-refractivity contribution is -0.219. The molecule has 8 nitrogen and oxygen atoms in total. The average molecular weight is 401 g/mol. The maximum absolute atomic E-state index is 14.6. The number of morpholine rings is 1. The van der Waals surface area contributed by atoms with Gasteiger partial charge in [-0.15, -0.1) is 0 Å². The van der Waals surface area contributed by atoms with Gasteiger partial charge in [0.25, 0.3) is 0 Å². The molecule has 0 spiro atoms. The molecule has 0 aromatic carbocycles. The van der Waals surface area contributed by atoms with Crippen LogP contribution in [0.5, 0.6) is 0 Å². The molecule has 2 saturated carbocycles. The first-order valence-electron chi connectivity index (χ1n) is 9.31. The molecule has 0 bridgehead atoms. The monoisotopic (exact) mass is 401 g/mol. The third-order valence-electron chi connectivity index (χ3n) is 6.21. The topological polar surface area (TPSA) is 113 Å². The fraction of sp³-hybridized carbons (Fsp3) is 0.722. The van der Waals surface area contributed by atoms with Crippen LogP contribution in [0.2, 0.25) is 0 Å². The molecule has 2 aliphatic carbocycles. The van der Waals surface area contributed by atoms with Crippen molar-refractivity contribution >= 4 is 17.7 Å². The Morgan fingerprint density at radius 1 is 1.25 bits per heavy atom. The first kappa shape index (κ1) is 19.3. The molecule has 0 aromatic heterocycles. The molecule has 2 heterocycles. The predicted molar refractivity (Wildman–Crippen MR) is 87.9 cm³/mol. The van der Waals surface area contributed by atoms with Crippen LogP contribution in [0, 0.1) is 5.92 Å². The highest BCUT2D eigenvalue weighted by atomic mass is 19.2. The van der Waals surface area contributed by atoms with E-state index >= 15 is 0 Å². The molecule has 28 heavy (non-hydrogen) atoms. The van der Waals surface area contributed by atoms with E-state index in [0.717, 1.165) is 0 Å².